The topological polar surface area (TPSA) is 34.2 Å². The SMILES string of the molecule is C1CC(c2nc(C3CC3)c(CNC3CC3)s2)CCO1. The molecule has 1 N–H and O–H groups in total. The van der Waals surface area contributed by atoms with Crippen molar-refractivity contribution in [2.75, 3.05) is 13.2 Å². The Labute approximate surface area is 118 Å². The minimum absolute atomic E-state index is 0.658. The zero-order valence-corrected chi connectivity index (χ0v) is 12.2. The van der Waals surface area contributed by atoms with E-state index < -0.39 is 0 Å². The van der Waals surface area contributed by atoms with E-state index in [4.69, 9.17) is 9.72 Å². The number of aromatic nitrogens is 1. The fraction of sp³-hybridized carbons (Fsp3) is 0.800. The van der Waals surface area contributed by atoms with Crippen molar-refractivity contribution in [3.8, 4) is 0 Å². The second kappa shape index (κ2) is 5.15. The van der Waals surface area contributed by atoms with Crippen LogP contribution in [0.15, 0.2) is 0 Å². The molecule has 0 bridgehead atoms. The molecule has 4 heteroatoms. The lowest BCUT2D eigenvalue weighted by atomic mass is 10.0. The summed E-state index contributed by atoms with van der Waals surface area (Å²) in [4.78, 5) is 6.54. The predicted molar refractivity (Wildman–Crippen MR) is 76.7 cm³/mol. The Balaban J connectivity index is 1.51. The van der Waals surface area contributed by atoms with Gasteiger partial charge in [0.15, 0.2) is 0 Å². The fourth-order valence-corrected chi connectivity index (χ4v) is 4.10. The third-order valence-corrected chi connectivity index (χ3v) is 5.64. The van der Waals surface area contributed by atoms with Crippen molar-refractivity contribution in [3.63, 3.8) is 0 Å². The second-order valence-electron chi connectivity index (χ2n) is 6.18. The number of hydrogen-bond donors (Lipinski definition) is 1. The highest BCUT2D eigenvalue weighted by molar-refractivity contribution is 7.11. The van der Waals surface area contributed by atoms with Crippen LogP contribution in [0, 0.1) is 0 Å². The van der Waals surface area contributed by atoms with E-state index in [-0.39, 0.29) is 0 Å². The molecule has 0 unspecified atom stereocenters. The normalized spacial score (nSPS) is 24.8. The first kappa shape index (κ1) is 12.3. The van der Waals surface area contributed by atoms with Gasteiger partial charge in [0.05, 0.1) is 10.7 Å². The summed E-state index contributed by atoms with van der Waals surface area (Å²) in [7, 11) is 0. The molecule has 3 aliphatic rings. The lowest BCUT2D eigenvalue weighted by molar-refractivity contribution is 0.0852. The molecule has 1 aromatic heterocycles. The standard InChI is InChI=1S/C15H22N2OS/c1-2-10(1)14-13(9-16-12-3-4-12)19-15(17-14)11-5-7-18-8-6-11/h10-12,16H,1-9H2. The molecular formula is C15H22N2OS. The molecule has 1 aliphatic heterocycles. The Kier molecular flexibility index (Phi) is 3.34. The maximum Gasteiger partial charge on any atom is 0.0964 e. The van der Waals surface area contributed by atoms with E-state index in [0.717, 1.165) is 44.6 Å². The van der Waals surface area contributed by atoms with Crippen molar-refractivity contribution >= 4 is 11.3 Å². The molecule has 2 heterocycles. The molecule has 0 aromatic carbocycles. The van der Waals surface area contributed by atoms with Gasteiger partial charge in [-0.05, 0) is 38.5 Å². The number of nitrogens with one attached hydrogen (secondary N) is 1. The van der Waals surface area contributed by atoms with Crippen molar-refractivity contribution in [1.29, 1.82) is 0 Å². The highest BCUT2D eigenvalue weighted by atomic mass is 32.1. The summed E-state index contributed by atoms with van der Waals surface area (Å²) in [6.07, 6.45) is 7.76. The van der Waals surface area contributed by atoms with Crippen LogP contribution in [-0.2, 0) is 11.3 Å². The van der Waals surface area contributed by atoms with Gasteiger partial charge in [0.25, 0.3) is 0 Å². The van der Waals surface area contributed by atoms with Gasteiger partial charge in [0.2, 0.25) is 0 Å². The molecule has 0 atom stereocenters. The van der Waals surface area contributed by atoms with Crippen LogP contribution in [0.1, 0.15) is 65.9 Å². The first-order valence-corrected chi connectivity index (χ1v) is 8.52. The molecule has 2 saturated carbocycles. The number of nitrogens with zero attached hydrogens (tertiary/aromatic N) is 1. The molecule has 0 spiro atoms. The zero-order chi connectivity index (χ0) is 12.7. The van der Waals surface area contributed by atoms with Gasteiger partial charge in [0, 0.05) is 42.5 Å². The monoisotopic (exact) mass is 278 g/mol. The minimum atomic E-state index is 0.658. The van der Waals surface area contributed by atoms with E-state index in [1.54, 1.807) is 0 Å². The number of ether oxygens (including phenoxy) is 1. The van der Waals surface area contributed by atoms with Crippen molar-refractivity contribution < 1.29 is 4.74 Å². The largest absolute Gasteiger partial charge is 0.381 e. The average Bonchev–Trinajstić information content (AvgIpc) is 3.37. The Morgan fingerprint density at radius 1 is 1.05 bits per heavy atom. The first-order valence-electron chi connectivity index (χ1n) is 7.71. The molecule has 0 radical (unpaired) electrons. The number of thiazole rings is 1. The molecule has 19 heavy (non-hydrogen) atoms. The van der Waals surface area contributed by atoms with Crippen LogP contribution in [-0.4, -0.2) is 24.2 Å². The van der Waals surface area contributed by atoms with Gasteiger partial charge in [0.1, 0.15) is 0 Å². The maximum atomic E-state index is 5.47. The summed E-state index contributed by atoms with van der Waals surface area (Å²) in [6.45, 7) is 2.88. The summed E-state index contributed by atoms with van der Waals surface area (Å²) in [6, 6.07) is 0.792. The van der Waals surface area contributed by atoms with Gasteiger partial charge in [-0.3, -0.25) is 0 Å². The van der Waals surface area contributed by atoms with Gasteiger partial charge in [-0.15, -0.1) is 11.3 Å². The molecule has 3 fully saturated rings. The predicted octanol–water partition coefficient (Wildman–Crippen LogP) is 3.17. The Morgan fingerprint density at radius 2 is 1.84 bits per heavy atom. The molecule has 104 valence electrons. The molecule has 1 aromatic rings. The third kappa shape index (κ3) is 2.86. The van der Waals surface area contributed by atoms with Crippen molar-refractivity contribution in [2.24, 2.45) is 0 Å². The van der Waals surface area contributed by atoms with Crippen LogP contribution < -0.4 is 5.32 Å². The van der Waals surface area contributed by atoms with Crippen LogP contribution in [0.3, 0.4) is 0 Å². The van der Waals surface area contributed by atoms with E-state index >= 15 is 0 Å². The van der Waals surface area contributed by atoms with Crippen molar-refractivity contribution in [3.05, 3.63) is 15.6 Å². The molecule has 1 saturated heterocycles. The van der Waals surface area contributed by atoms with Gasteiger partial charge in [-0.2, -0.15) is 0 Å². The van der Waals surface area contributed by atoms with Crippen LogP contribution in [0.4, 0.5) is 0 Å². The van der Waals surface area contributed by atoms with Crippen LogP contribution in [0.5, 0.6) is 0 Å². The quantitative estimate of drug-likeness (QED) is 0.898. The van der Waals surface area contributed by atoms with E-state index in [1.165, 1.54) is 41.3 Å². The minimum Gasteiger partial charge on any atom is -0.381 e. The van der Waals surface area contributed by atoms with E-state index in [9.17, 15) is 0 Å². The number of hydrogen-bond acceptors (Lipinski definition) is 4. The Morgan fingerprint density at radius 3 is 2.53 bits per heavy atom. The summed E-state index contributed by atoms with van der Waals surface area (Å²) in [5.74, 6) is 1.44. The summed E-state index contributed by atoms with van der Waals surface area (Å²) < 4.78 is 5.47. The molecule has 4 rings (SSSR count). The van der Waals surface area contributed by atoms with Gasteiger partial charge in [-0.1, -0.05) is 0 Å². The highest BCUT2D eigenvalue weighted by Gasteiger charge is 2.32. The average molecular weight is 278 g/mol. The summed E-state index contributed by atoms with van der Waals surface area (Å²) in [5.41, 5.74) is 1.43. The second-order valence-corrected chi connectivity index (χ2v) is 7.29. The lowest BCUT2D eigenvalue weighted by Gasteiger charge is -2.19. The van der Waals surface area contributed by atoms with Gasteiger partial charge < -0.3 is 10.1 Å². The molecular weight excluding hydrogens is 256 g/mol. The van der Waals surface area contributed by atoms with Gasteiger partial charge in [-0.25, -0.2) is 4.98 Å². The summed E-state index contributed by atoms with van der Waals surface area (Å²) in [5, 5.41) is 5.04. The number of rotatable bonds is 5. The van der Waals surface area contributed by atoms with Crippen LogP contribution in [0.2, 0.25) is 0 Å². The Bertz CT molecular complexity index is 445. The van der Waals surface area contributed by atoms with Gasteiger partial charge >= 0.3 is 0 Å². The first-order chi connectivity index (χ1) is 9.40. The fourth-order valence-electron chi connectivity index (χ4n) is 2.83. The van der Waals surface area contributed by atoms with E-state index in [1.807, 2.05) is 11.3 Å². The van der Waals surface area contributed by atoms with Crippen LogP contribution in [0.25, 0.3) is 0 Å². The zero-order valence-electron chi connectivity index (χ0n) is 11.4. The molecule has 0 amide bonds. The smallest absolute Gasteiger partial charge is 0.0964 e. The third-order valence-electron chi connectivity index (χ3n) is 4.41. The van der Waals surface area contributed by atoms with Crippen LogP contribution >= 0.6 is 11.3 Å². The maximum absolute atomic E-state index is 5.47. The molecule has 3 nitrogen and oxygen atoms in total. The van der Waals surface area contributed by atoms with E-state index in [0.29, 0.717) is 5.92 Å². The lowest BCUT2D eigenvalue weighted by Crippen LogP contribution is -2.15. The summed E-state index contributed by atoms with van der Waals surface area (Å²) >= 11 is 1.97. The molecule has 2 aliphatic carbocycles. The Hall–Kier alpha value is -0.450. The van der Waals surface area contributed by atoms with Crippen molar-refractivity contribution in [2.45, 2.75) is 62.9 Å². The highest BCUT2D eigenvalue weighted by Crippen LogP contribution is 2.44. The van der Waals surface area contributed by atoms with Crippen molar-refractivity contribution in [1.82, 2.24) is 10.3 Å². The van der Waals surface area contributed by atoms with E-state index in [2.05, 4.69) is 5.32 Å².